The molecule has 0 radical (unpaired) electrons. The molecule has 0 saturated carbocycles. The summed E-state index contributed by atoms with van der Waals surface area (Å²) in [5.74, 6) is -0.366. The number of nitrogens with one attached hydrogen (secondary N) is 1. The fourth-order valence-corrected chi connectivity index (χ4v) is 2.02. The van der Waals surface area contributed by atoms with Crippen LogP contribution >= 0.6 is 23.2 Å². The Labute approximate surface area is 118 Å². The molecule has 0 aliphatic heterocycles. The van der Waals surface area contributed by atoms with E-state index in [2.05, 4.69) is 10.2 Å². The average molecular weight is 301 g/mol. The molecule has 2 rings (SSSR count). The second-order valence-corrected chi connectivity index (χ2v) is 4.72. The van der Waals surface area contributed by atoms with Gasteiger partial charge in [-0.3, -0.25) is 9.59 Å². The van der Waals surface area contributed by atoms with Crippen LogP contribution in [-0.2, 0) is 16.0 Å². The number of aromatic amines is 1. The van der Waals surface area contributed by atoms with E-state index in [0.29, 0.717) is 32.9 Å². The maximum absolute atomic E-state index is 11.7. The van der Waals surface area contributed by atoms with Gasteiger partial charge in [-0.05, 0) is 12.1 Å². The molecule has 1 aromatic heterocycles. The van der Waals surface area contributed by atoms with Gasteiger partial charge in [0.15, 0.2) is 0 Å². The minimum absolute atomic E-state index is 0.184. The van der Waals surface area contributed by atoms with E-state index in [0.717, 1.165) is 0 Å². The fourth-order valence-electron chi connectivity index (χ4n) is 1.69. The molecule has 0 spiro atoms. The molecule has 1 aromatic carbocycles. The highest BCUT2D eigenvalue weighted by Gasteiger charge is 2.10. The van der Waals surface area contributed by atoms with Crippen molar-refractivity contribution in [2.45, 2.75) is 13.3 Å². The number of rotatable bonds is 3. The van der Waals surface area contributed by atoms with Gasteiger partial charge in [-0.15, -0.1) is 0 Å². The lowest BCUT2D eigenvalue weighted by Gasteiger charge is -2.06. The summed E-state index contributed by atoms with van der Waals surface area (Å²) in [7, 11) is 0. The standard InChI is InChI=1S/C12H10Cl2N2O3/c1-6(17)19-3-2-11-7-4-9(13)10(14)5-8(7)12(18)16-15-11/h4-5H,2-3H2,1H3,(H,16,18). The van der Waals surface area contributed by atoms with Crippen molar-refractivity contribution >= 4 is 39.9 Å². The SMILES string of the molecule is CC(=O)OCCc1n[nH]c(=O)c2cc(Cl)c(Cl)cc12. The number of aromatic nitrogens is 2. The molecule has 0 amide bonds. The van der Waals surface area contributed by atoms with Gasteiger partial charge in [-0.1, -0.05) is 23.2 Å². The van der Waals surface area contributed by atoms with E-state index in [1.807, 2.05) is 0 Å². The van der Waals surface area contributed by atoms with Crippen LogP contribution in [0.5, 0.6) is 0 Å². The van der Waals surface area contributed by atoms with Crippen molar-refractivity contribution in [2.75, 3.05) is 6.61 Å². The number of H-pyrrole nitrogens is 1. The molecule has 0 aliphatic rings. The van der Waals surface area contributed by atoms with Gasteiger partial charge in [0, 0.05) is 18.7 Å². The largest absolute Gasteiger partial charge is 0.465 e. The maximum atomic E-state index is 11.7. The minimum atomic E-state index is -0.366. The summed E-state index contributed by atoms with van der Waals surface area (Å²) in [6.07, 6.45) is 0.380. The van der Waals surface area contributed by atoms with E-state index in [4.69, 9.17) is 27.9 Å². The molecule has 19 heavy (non-hydrogen) atoms. The molecule has 100 valence electrons. The monoisotopic (exact) mass is 300 g/mol. The Hall–Kier alpha value is -1.59. The van der Waals surface area contributed by atoms with Crippen LogP contribution in [0.15, 0.2) is 16.9 Å². The second kappa shape index (κ2) is 5.59. The van der Waals surface area contributed by atoms with Crippen LogP contribution in [0.25, 0.3) is 10.8 Å². The molecule has 0 saturated heterocycles. The molecular formula is C12H10Cl2N2O3. The lowest BCUT2D eigenvalue weighted by Crippen LogP contribution is -2.13. The normalized spacial score (nSPS) is 10.7. The molecular weight excluding hydrogens is 291 g/mol. The van der Waals surface area contributed by atoms with Crippen LogP contribution in [0.1, 0.15) is 12.6 Å². The molecule has 0 unspecified atom stereocenters. The molecule has 7 heteroatoms. The van der Waals surface area contributed by atoms with Crippen molar-refractivity contribution in [3.05, 3.63) is 38.2 Å². The molecule has 0 fully saturated rings. The summed E-state index contributed by atoms with van der Waals surface area (Å²) >= 11 is 11.8. The lowest BCUT2D eigenvalue weighted by atomic mass is 10.1. The van der Waals surface area contributed by atoms with Gasteiger partial charge in [0.2, 0.25) is 0 Å². The van der Waals surface area contributed by atoms with Crippen molar-refractivity contribution < 1.29 is 9.53 Å². The number of nitrogens with zero attached hydrogens (tertiary/aromatic N) is 1. The zero-order chi connectivity index (χ0) is 14.0. The van der Waals surface area contributed by atoms with Gasteiger partial charge in [0.1, 0.15) is 0 Å². The van der Waals surface area contributed by atoms with Crippen LogP contribution in [0.4, 0.5) is 0 Å². The van der Waals surface area contributed by atoms with E-state index in [1.54, 1.807) is 6.07 Å². The number of carbonyl (C=O) groups excluding carboxylic acids is 1. The van der Waals surface area contributed by atoms with Crippen LogP contribution in [-0.4, -0.2) is 22.8 Å². The first kappa shape index (κ1) is 13.8. The number of carbonyl (C=O) groups is 1. The van der Waals surface area contributed by atoms with Crippen molar-refractivity contribution in [2.24, 2.45) is 0 Å². The molecule has 2 aromatic rings. The summed E-state index contributed by atoms with van der Waals surface area (Å²) in [5, 5.41) is 7.98. The third kappa shape index (κ3) is 3.05. The second-order valence-electron chi connectivity index (χ2n) is 3.90. The number of esters is 1. The quantitative estimate of drug-likeness (QED) is 0.883. The van der Waals surface area contributed by atoms with E-state index < -0.39 is 0 Å². The number of hydrogen-bond acceptors (Lipinski definition) is 4. The van der Waals surface area contributed by atoms with Crippen LogP contribution in [0, 0.1) is 0 Å². The highest BCUT2D eigenvalue weighted by molar-refractivity contribution is 6.42. The van der Waals surface area contributed by atoms with Gasteiger partial charge in [-0.2, -0.15) is 5.10 Å². The Bertz CT molecular complexity index is 697. The Kier molecular flexibility index (Phi) is 4.07. The lowest BCUT2D eigenvalue weighted by molar-refractivity contribution is -0.140. The van der Waals surface area contributed by atoms with Gasteiger partial charge in [0.25, 0.3) is 5.56 Å². The number of benzene rings is 1. The molecule has 5 nitrogen and oxygen atoms in total. The van der Waals surface area contributed by atoms with Gasteiger partial charge < -0.3 is 4.74 Å². The predicted octanol–water partition coefficient (Wildman–Crippen LogP) is 2.34. The van der Waals surface area contributed by atoms with Gasteiger partial charge >= 0.3 is 5.97 Å². The average Bonchev–Trinajstić information content (AvgIpc) is 2.34. The van der Waals surface area contributed by atoms with E-state index >= 15 is 0 Å². The summed E-state index contributed by atoms with van der Waals surface area (Å²) in [6, 6.07) is 3.08. The molecule has 0 aliphatic carbocycles. The van der Waals surface area contributed by atoms with Gasteiger partial charge in [0.05, 0.1) is 27.7 Å². The summed E-state index contributed by atoms with van der Waals surface area (Å²) in [4.78, 5) is 22.4. The van der Waals surface area contributed by atoms with Gasteiger partial charge in [-0.25, -0.2) is 5.10 Å². The minimum Gasteiger partial charge on any atom is -0.465 e. The number of fused-ring (bicyclic) bond motifs is 1. The maximum Gasteiger partial charge on any atom is 0.302 e. The highest BCUT2D eigenvalue weighted by atomic mass is 35.5. The van der Waals surface area contributed by atoms with Crippen LogP contribution in [0.2, 0.25) is 10.0 Å². The van der Waals surface area contributed by atoms with Crippen LogP contribution < -0.4 is 5.56 Å². The fraction of sp³-hybridized carbons (Fsp3) is 0.250. The summed E-state index contributed by atoms with van der Waals surface area (Å²) < 4.78 is 4.85. The first-order valence-corrected chi connectivity index (χ1v) is 6.24. The van der Waals surface area contributed by atoms with Crippen molar-refractivity contribution in [3.63, 3.8) is 0 Å². The number of halogens is 2. The van der Waals surface area contributed by atoms with Crippen molar-refractivity contribution in [1.82, 2.24) is 10.2 Å². The first-order chi connectivity index (χ1) is 8.99. The zero-order valence-corrected chi connectivity index (χ0v) is 11.5. The Morgan fingerprint density at radius 1 is 1.32 bits per heavy atom. The zero-order valence-electron chi connectivity index (χ0n) is 10.00. The first-order valence-electron chi connectivity index (χ1n) is 5.48. The highest BCUT2D eigenvalue weighted by Crippen LogP contribution is 2.27. The Balaban J connectivity index is 2.44. The van der Waals surface area contributed by atoms with Crippen molar-refractivity contribution in [1.29, 1.82) is 0 Å². The third-order valence-electron chi connectivity index (χ3n) is 2.55. The third-order valence-corrected chi connectivity index (χ3v) is 3.27. The van der Waals surface area contributed by atoms with E-state index in [9.17, 15) is 9.59 Å². The van der Waals surface area contributed by atoms with E-state index in [1.165, 1.54) is 13.0 Å². The Morgan fingerprint density at radius 3 is 2.58 bits per heavy atom. The number of hydrogen-bond donors (Lipinski definition) is 1. The predicted molar refractivity (Wildman–Crippen MR) is 72.7 cm³/mol. The summed E-state index contributed by atoms with van der Waals surface area (Å²) in [5.41, 5.74) is 0.249. The molecule has 0 bridgehead atoms. The molecule has 0 atom stereocenters. The van der Waals surface area contributed by atoms with Crippen molar-refractivity contribution in [3.8, 4) is 0 Å². The topological polar surface area (TPSA) is 72.0 Å². The number of ether oxygens (including phenoxy) is 1. The Morgan fingerprint density at radius 2 is 1.95 bits per heavy atom. The van der Waals surface area contributed by atoms with Crippen LogP contribution in [0.3, 0.4) is 0 Å². The smallest absolute Gasteiger partial charge is 0.302 e. The summed E-state index contributed by atoms with van der Waals surface area (Å²) in [6.45, 7) is 1.51. The molecule has 1 N–H and O–H groups in total. The van der Waals surface area contributed by atoms with E-state index in [-0.39, 0.29) is 18.1 Å². The molecule has 1 heterocycles.